The van der Waals surface area contributed by atoms with Gasteiger partial charge in [0.05, 0.1) is 0 Å². The average Bonchev–Trinajstić information content (AvgIpc) is 2.40. The standard InChI is InChI=1S/C16H22O3/c1-12(2)13-8-4-5-9-14(13)19-16(15(17)18)10-6-3-7-11-16/h4-5,8-9,12H,3,6-7,10-11H2,1-2H3,(H,17,18). The van der Waals surface area contributed by atoms with Crippen LogP contribution in [0, 0.1) is 0 Å². The Morgan fingerprint density at radius 3 is 2.42 bits per heavy atom. The van der Waals surface area contributed by atoms with Gasteiger partial charge in [-0.1, -0.05) is 38.5 Å². The van der Waals surface area contributed by atoms with Gasteiger partial charge in [-0.25, -0.2) is 4.79 Å². The normalized spacial score (nSPS) is 18.3. The van der Waals surface area contributed by atoms with Crippen LogP contribution in [0.25, 0.3) is 0 Å². The molecule has 0 spiro atoms. The van der Waals surface area contributed by atoms with Gasteiger partial charge < -0.3 is 9.84 Å². The predicted octanol–water partition coefficient (Wildman–Crippen LogP) is 3.98. The van der Waals surface area contributed by atoms with Crippen molar-refractivity contribution in [1.29, 1.82) is 0 Å². The lowest BCUT2D eigenvalue weighted by Gasteiger charge is -2.34. The van der Waals surface area contributed by atoms with Crippen LogP contribution < -0.4 is 4.74 Å². The molecule has 0 amide bonds. The van der Waals surface area contributed by atoms with Crippen LogP contribution in [0.15, 0.2) is 24.3 Å². The summed E-state index contributed by atoms with van der Waals surface area (Å²) in [5.41, 5.74) is 0.0529. The SMILES string of the molecule is CC(C)c1ccccc1OC1(C(=O)O)CCCCC1. The van der Waals surface area contributed by atoms with Crippen molar-refractivity contribution >= 4 is 5.97 Å². The maximum absolute atomic E-state index is 11.6. The lowest BCUT2D eigenvalue weighted by Crippen LogP contribution is -2.46. The fourth-order valence-electron chi connectivity index (χ4n) is 2.74. The molecule has 1 aliphatic carbocycles. The lowest BCUT2D eigenvalue weighted by molar-refractivity contribution is -0.158. The fourth-order valence-corrected chi connectivity index (χ4v) is 2.74. The molecule has 3 heteroatoms. The number of hydrogen-bond acceptors (Lipinski definition) is 2. The van der Waals surface area contributed by atoms with Crippen LogP contribution in [-0.2, 0) is 4.79 Å². The van der Waals surface area contributed by atoms with E-state index in [0.29, 0.717) is 18.8 Å². The summed E-state index contributed by atoms with van der Waals surface area (Å²) < 4.78 is 6.00. The highest BCUT2D eigenvalue weighted by Crippen LogP contribution is 2.36. The minimum absolute atomic E-state index is 0.325. The fraction of sp³-hybridized carbons (Fsp3) is 0.562. The molecule has 1 aromatic rings. The largest absolute Gasteiger partial charge is 0.478 e. The maximum atomic E-state index is 11.6. The van der Waals surface area contributed by atoms with Gasteiger partial charge in [0.15, 0.2) is 0 Å². The van der Waals surface area contributed by atoms with Gasteiger partial charge in [0.25, 0.3) is 0 Å². The molecule has 0 aromatic heterocycles. The number of benzene rings is 1. The minimum Gasteiger partial charge on any atom is -0.478 e. The van der Waals surface area contributed by atoms with E-state index in [2.05, 4.69) is 13.8 Å². The Morgan fingerprint density at radius 2 is 1.84 bits per heavy atom. The van der Waals surface area contributed by atoms with Gasteiger partial charge in [0.1, 0.15) is 5.75 Å². The van der Waals surface area contributed by atoms with Crippen LogP contribution in [0.5, 0.6) is 5.75 Å². The maximum Gasteiger partial charge on any atom is 0.348 e. The van der Waals surface area contributed by atoms with E-state index in [9.17, 15) is 9.90 Å². The Hall–Kier alpha value is -1.51. The first-order chi connectivity index (χ1) is 9.05. The lowest BCUT2D eigenvalue weighted by atomic mass is 9.84. The van der Waals surface area contributed by atoms with Crippen LogP contribution in [-0.4, -0.2) is 16.7 Å². The number of aliphatic carboxylic acids is 1. The van der Waals surface area contributed by atoms with Gasteiger partial charge in [0.2, 0.25) is 5.60 Å². The number of carbonyl (C=O) groups is 1. The number of ether oxygens (including phenoxy) is 1. The molecule has 0 bridgehead atoms. The zero-order chi connectivity index (χ0) is 13.9. The van der Waals surface area contributed by atoms with Crippen molar-refractivity contribution in [3.05, 3.63) is 29.8 Å². The van der Waals surface area contributed by atoms with Crippen molar-refractivity contribution in [3.8, 4) is 5.75 Å². The molecule has 1 N–H and O–H groups in total. The molecule has 2 rings (SSSR count). The second-order valence-corrected chi connectivity index (χ2v) is 5.65. The molecule has 3 nitrogen and oxygen atoms in total. The van der Waals surface area contributed by atoms with Crippen molar-refractivity contribution in [2.45, 2.75) is 57.5 Å². The van der Waals surface area contributed by atoms with Crippen LogP contribution in [0.4, 0.5) is 0 Å². The molecule has 0 aliphatic heterocycles. The minimum atomic E-state index is -1.02. The zero-order valence-corrected chi connectivity index (χ0v) is 11.7. The quantitative estimate of drug-likeness (QED) is 0.892. The first-order valence-electron chi connectivity index (χ1n) is 7.06. The van der Waals surface area contributed by atoms with E-state index in [1.165, 1.54) is 0 Å². The highest BCUT2D eigenvalue weighted by molar-refractivity contribution is 5.78. The van der Waals surface area contributed by atoms with Gasteiger partial charge in [-0.2, -0.15) is 0 Å². The number of hydrogen-bond donors (Lipinski definition) is 1. The summed E-state index contributed by atoms with van der Waals surface area (Å²) in [6.45, 7) is 4.19. The summed E-state index contributed by atoms with van der Waals surface area (Å²) in [4.78, 5) is 11.6. The highest BCUT2D eigenvalue weighted by atomic mass is 16.5. The van der Waals surface area contributed by atoms with E-state index in [4.69, 9.17) is 4.74 Å². The van der Waals surface area contributed by atoms with Crippen molar-refractivity contribution in [1.82, 2.24) is 0 Å². The Morgan fingerprint density at radius 1 is 1.21 bits per heavy atom. The van der Waals surface area contributed by atoms with E-state index in [-0.39, 0.29) is 0 Å². The van der Waals surface area contributed by atoms with Gasteiger partial charge in [-0.15, -0.1) is 0 Å². The van der Waals surface area contributed by atoms with E-state index in [0.717, 1.165) is 30.6 Å². The third-order valence-corrected chi connectivity index (χ3v) is 3.90. The Kier molecular flexibility index (Phi) is 4.13. The zero-order valence-electron chi connectivity index (χ0n) is 11.7. The third kappa shape index (κ3) is 2.91. The number of carboxylic acid groups (broad SMARTS) is 1. The van der Waals surface area contributed by atoms with E-state index in [1.807, 2.05) is 24.3 Å². The Bertz CT molecular complexity index is 445. The predicted molar refractivity (Wildman–Crippen MR) is 74.6 cm³/mol. The van der Waals surface area contributed by atoms with E-state index >= 15 is 0 Å². The molecular weight excluding hydrogens is 240 g/mol. The smallest absolute Gasteiger partial charge is 0.348 e. The summed E-state index contributed by atoms with van der Waals surface area (Å²) in [6, 6.07) is 7.77. The number of para-hydroxylation sites is 1. The van der Waals surface area contributed by atoms with Crippen molar-refractivity contribution in [2.75, 3.05) is 0 Å². The molecule has 19 heavy (non-hydrogen) atoms. The molecule has 1 aliphatic rings. The monoisotopic (exact) mass is 262 g/mol. The molecular formula is C16H22O3. The molecule has 104 valence electrons. The summed E-state index contributed by atoms with van der Waals surface area (Å²) in [6.07, 6.45) is 4.17. The van der Waals surface area contributed by atoms with Gasteiger partial charge in [0, 0.05) is 0 Å². The summed E-state index contributed by atoms with van der Waals surface area (Å²) in [5.74, 6) is 0.221. The van der Waals surface area contributed by atoms with Crippen molar-refractivity contribution in [2.24, 2.45) is 0 Å². The third-order valence-electron chi connectivity index (χ3n) is 3.90. The summed E-state index contributed by atoms with van der Waals surface area (Å²) in [7, 11) is 0. The van der Waals surface area contributed by atoms with Gasteiger partial charge in [-0.3, -0.25) is 0 Å². The van der Waals surface area contributed by atoms with Gasteiger partial charge in [-0.05, 0) is 43.2 Å². The first kappa shape index (κ1) is 13.9. The van der Waals surface area contributed by atoms with Crippen LogP contribution in [0.2, 0.25) is 0 Å². The van der Waals surface area contributed by atoms with Crippen LogP contribution >= 0.6 is 0 Å². The van der Waals surface area contributed by atoms with E-state index < -0.39 is 11.6 Å². The van der Waals surface area contributed by atoms with Crippen LogP contribution in [0.1, 0.15) is 57.4 Å². The van der Waals surface area contributed by atoms with Crippen molar-refractivity contribution in [3.63, 3.8) is 0 Å². The number of rotatable bonds is 4. The second kappa shape index (κ2) is 5.64. The topological polar surface area (TPSA) is 46.5 Å². The van der Waals surface area contributed by atoms with E-state index in [1.54, 1.807) is 0 Å². The van der Waals surface area contributed by atoms with Crippen molar-refractivity contribution < 1.29 is 14.6 Å². The molecule has 0 unspecified atom stereocenters. The highest BCUT2D eigenvalue weighted by Gasteiger charge is 2.42. The molecule has 1 fully saturated rings. The molecule has 0 radical (unpaired) electrons. The Balaban J connectivity index is 2.29. The summed E-state index contributed by atoms with van der Waals surface area (Å²) in [5, 5.41) is 9.55. The molecule has 0 heterocycles. The Labute approximate surface area is 114 Å². The molecule has 0 saturated heterocycles. The molecule has 0 atom stereocenters. The molecule has 1 aromatic carbocycles. The molecule has 1 saturated carbocycles. The summed E-state index contributed by atoms with van der Waals surface area (Å²) >= 11 is 0. The van der Waals surface area contributed by atoms with Crippen LogP contribution in [0.3, 0.4) is 0 Å². The second-order valence-electron chi connectivity index (χ2n) is 5.65. The average molecular weight is 262 g/mol. The first-order valence-corrected chi connectivity index (χ1v) is 7.06. The number of carboxylic acids is 1. The van der Waals surface area contributed by atoms with Gasteiger partial charge >= 0.3 is 5.97 Å².